The predicted molar refractivity (Wildman–Crippen MR) is 82.0 cm³/mol. The normalized spacial score (nSPS) is 11.6. The fourth-order valence-corrected chi connectivity index (χ4v) is 2.42. The van der Waals surface area contributed by atoms with Crippen LogP contribution >= 0.6 is 0 Å². The van der Waals surface area contributed by atoms with Gasteiger partial charge in [-0.3, -0.25) is 28.7 Å². The molecule has 0 spiro atoms. The molecule has 0 atom stereocenters. The molecule has 0 fully saturated rings. The van der Waals surface area contributed by atoms with E-state index in [1.54, 1.807) is 0 Å². The third kappa shape index (κ3) is 1.61. The van der Waals surface area contributed by atoms with Crippen molar-refractivity contribution in [2.75, 3.05) is 0 Å². The van der Waals surface area contributed by atoms with Gasteiger partial charge in [0.1, 0.15) is 12.7 Å². The summed E-state index contributed by atoms with van der Waals surface area (Å²) >= 11 is 0. The van der Waals surface area contributed by atoms with Crippen molar-refractivity contribution in [3.63, 3.8) is 0 Å². The summed E-state index contributed by atoms with van der Waals surface area (Å²) in [5.74, 6) is 0. The molecule has 12 heteroatoms. The Bertz CT molecular complexity index is 1250. The SMILES string of the molecule is Cn1c(=O)[nH]c2c(ncn2-n2cnc3c(=O)n(C)c(=O)[nH]c32)c1=O. The predicted octanol–water partition coefficient (Wildman–Crippen LogP) is -2.53. The van der Waals surface area contributed by atoms with Crippen LogP contribution in [0.15, 0.2) is 31.8 Å². The van der Waals surface area contributed by atoms with Crippen LogP contribution in [0.25, 0.3) is 22.3 Å². The van der Waals surface area contributed by atoms with Crippen molar-refractivity contribution in [1.29, 1.82) is 0 Å². The van der Waals surface area contributed by atoms with E-state index < -0.39 is 22.5 Å². The Morgan fingerprint density at radius 2 is 1.12 bits per heavy atom. The first-order chi connectivity index (χ1) is 11.4. The van der Waals surface area contributed by atoms with E-state index >= 15 is 0 Å². The van der Waals surface area contributed by atoms with Crippen molar-refractivity contribution in [2.24, 2.45) is 14.1 Å². The van der Waals surface area contributed by atoms with Crippen LogP contribution in [-0.2, 0) is 14.1 Å². The Morgan fingerprint density at radius 3 is 1.50 bits per heavy atom. The van der Waals surface area contributed by atoms with E-state index in [2.05, 4.69) is 19.9 Å². The van der Waals surface area contributed by atoms with Gasteiger partial charge in [0.05, 0.1) is 0 Å². The highest BCUT2D eigenvalue weighted by atomic mass is 16.2. The van der Waals surface area contributed by atoms with E-state index in [9.17, 15) is 19.2 Å². The topological polar surface area (TPSA) is 145 Å². The summed E-state index contributed by atoms with van der Waals surface area (Å²) in [7, 11) is 2.65. The number of aromatic nitrogens is 8. The first-order valence-corrected chi connectivity index (χ1v) is 6.73. The first kappa shape index (κ1) is 13.9. The summed E-state index contributed by atoms with van der Waals surface area (Å²) in [5.41, 5.74) is -2.09. The van der Waals surface area contributed by atoms with Crippen molar-refractivity contribution in [1.82, 2.24) is 38.4 Å². The molecule has 0 aliphatic heterocycles. The molecule has 0 radical (unpaired) electrons. The number of fused-ring (bicyclic) bond motifs is 2. The summed E-state index contributed by atoms with van der Waals surface area (Å²) in [5, 5.41) is 0. The molecule has 4 aromatic rings. The highest BCUT2D eigenvalue weighted by molar-refractivity contribution is 5.72. The van der Waals surface area contributed by atoms with Crippen LogP contribution in [0.1, 0.15) is 0 Å². The molecule has 0 saturated heterocycles. The maximum Gasteiger partial charge on any atom is 0.329 e. The molecular formula is C12H10N8O4. The standard InChI is InChI=1S/C12H10N8O4/c1-17-9(21)5-7(15-11(17)23)19(3-13-5)20-4-14-6-8(20)16-12(24)18(2)10(6)22/h3-4H,1-2H3,(H,15,23)(H,16,24). The van der Waals surface area contributed by atoms with Crippen LogP contribution in [0, 0.1) is 0 Å². The Hall–Kier alpha value is -3.70. The second-order valence-electron chi connectivity index (χ2n) is 5.16. The Kier molecular flexibility index (Phi) is 2.56. The van der Waals surface area contributed by atoms with Gasteiger partial charge in [-0.25, -0.2) is 28.9 Å². The van der Waals surface area contributed by atoms with E-state index in [-0.39, 0.29) is 22.3 Å². The van der Waals surface area contributed by atoms with E-state index in [1.165, 1.54) is 36.1 Å². The molecule has 0 bridgehead atoms. The molecule has 4 heterocycles. The van der Waals surface area contributed by atoms with Crippen LogP contribution in [0.2, 0.25) is 0 Å². The largest absolute Gasteiger partial charge is 0.329 e. The second kappa shape index (κ2) is 4.41. The zero-order valence-corrected chi connectivity index (χ0v) is 12.5. The molecule has 0 aliphatic rings. The number of hydrogen-bond donors (Lipinski definition) is 2. The van der Waals surface area contributed by atoms with E-state index in [0.717, 1.165) is 9.13 Å². The average Bonchev–Trinajstić information content (AvgIpc) is 3.14. The first-order valence-electron chi connectivity index (χ1n) is 6.73. The minimum atomic E-state index is -0.622. The van der Waals surface area contributed by atoms with Gasteiger partial charge in [-0.05, 0) is 0 Å². The minimum Gasteiger partial charge on any atom is -0.290 e. The highest BCUT2D eigenvalue weighted by Crippen LogP contribution is 2.09. The smallest absolute Gasteiger partial charge is 0.290 e. The summed E-state index contributed by atoms with van der Waals surface area (Å²) in [6, 6.07) is 0. The van der Waals surface area contributed by atoms with Crippen molar-refractivity contribution in [3.8, 4) is 0 Å². The molecule has 12 nitrogen and oxygen atoms in total. The number of H-pyrrole nitrogens is 2. The lowest BCUT2D eigenvalue weighted by Gasteiger charge is -2.06. The lowest BCUT2D eigenvalue weighted by Crippen LogP contribution is -2.33. The molecule has 0 aromatic carbocycles. The average molecular weight is 330 g/mol. The van der Waals surface area contributed by atoms with Crippen molar-refractivity contribution in [3.05, 3.63) is 54.3 Å². The monoisotopic (exact) mass is 330 g/mol. The molecule has 0 amide bonds. The molecular weight excluding hydrogens is 320 g/mol. The van der Waals surface area contributed by atoms with Gasteiger partial charge in [-0.1, -0.05) is 0 Å². The van der Waals surface area contributed by atoms with Gasteiger partial charge in [0.15, 0.2) is 22.3 Å². The number of aromatic amines is 2. The Balaban J connectivity index is 2.15. The van der Waals surface area contributed by atoms with Gasteiger partial charge in [0.2, 0.25) is 0 Å². The lowest BCUT2D eigenvalue weighted by molar-refractivity contribution is 0.676. The van der Waals surface area contributed by atoms with Gasteiger partial charge in [0.25, 0.3) is 11.1 Å². The molecule has 4 aromatic heterocycles. The number of nitrogens with one attached hydrogen (secondary N) is 2. The van der Waals surface area contributed by atoms with Gasteiger partial charge in [-0.15, -0.1) is 0 Å². The molecule has 2 N–H and O–H groups in total. The minimum absolute atomic E-state index is 0.0325. The van der Waals surface area contributed by atoms with E-state index in [4.69, 9.17) is 0 Å². The van der Waals surface area contributed by atoms with Crippen molar-refractivity contribution in [2.45, 2.75) is 0 Å². The van der Waals surface area contributed by atoms with E-state index in [0.29, 0.717) is 0 Å². The third-order valence-corrected chi connectivity index (χ3v) is 3.81. The number of nitrogens with zero attached hydrogens (tertiary/aromatic N) is 6. The molecule has 0 unspecified atom stereocenters. The quantitative estimate of drug-likeness (QED) is 0.393. The zero-order chi connectivity index (χ0) is 17.2. The summed E-state index contributed by atoms with van der Waals surface area (Å²) in [6.07, 6.45) is 2.55. The maximum atomic E-state index is 12.1. The van der Waals surface area contributed by atoms with Crippen molar-refractivity contribution < 1.29 is 0 Å². The summed E-state index contributed by atoms with van der Waals surface area (Å²) < 4.78 is 4.40. The van der Waals surface area contributed by atoms with Crippen LogP contribution in [0.4, 0.5) is 0 Å². The molecule has 122 valence electrons. The van der Waals surface area contributed by atoms with Crippen LogP contribution in [0.3, 0.4) is 0 Å². The number of imidazole rings is 2. The highest BCUT2D eigenvalue weighted by Gasteiger charge is 2.16. The molecule has 4 rings (SSSR count). The van der Waals surface area contributed by atoms with Gasteiger partial charge >= 0.3 is 11.4 Å². The van der Waals surface area contributed by atoms with Crippen LogP contribution in [-0.4, -0.2) is 38.4 Å². The third-order valence-electron chi connectivity index (χ3n) is 3.81. The van der Waals surface area contributed by atoms with E-state index in [1.807, 2.05) is 0 Å². The molecule has 0 aliphatic carbocycles. The van der Waals surface area contributed by atoms with Gasteiger partial charge in [0, 0.05) is 14.1 Å². The van der Waals surface area contributed by atoms with Gasteiger partial charge in [-0.2, -0.15) is 0 Å². The lowest BCUT2D eigenvalue weighted by atomic mass is 10.5. The summed E-state index contributed by atoms with van der Waals surface area (Å²) in [6.45, 7) is 0. The fraction of sp³-hybridized carbons (Fsp3) is 0.167. The Labute approximate surface area is 130 Å². The van der Waals surface area contributed by atoms with Gasteiger partial charge < -0.3 is 0 Å². The second-order valence-corrected chi connectivity index (χ2v) is 5.16. The zero-order valence-electron chi connectivity index (χ0n) is 12.5. The summed E-state index contributed by atoms with van der Waals surface area (Å²) in [4.78, 5) is 60.8. The maximum absolute atomic E-state index is 12.1. The number of hydrogen-bond acceptors (Lipinski definition) is 6. The molecule has 24 heavy (non-hydrogen) atoms. The Morgan fingerprint density at radius 1 is 0.750 bits per heavy atom. The van der Waals surface area contributed by atoms with Crippen molar-refractivity contribution >= 4 is 22.3 Å². The molecule has 0 saturated carbocycles. The van der Waals surface area contributed by atoms with Crippen LogP contribution in [0.5, 0.6) is 0 Å². The number of rotatable bonds is 1. The van der Waals surface area contributed by atoms with Crippen LogP contribution < -0.4 is 22.5 Å². The fourth-order valence-electron chi connectivity index (χ4n) is 2.42.